The molecule has 2 aliphatic heterocycles. The standard InChI is InChI=1S/C32H26Cl2N2O7S/c1-4-40-31(38)28-17(2)35-32-36(29(28)19-7-10-24-26(13-19)43-16-42-24)30(37)27(44-32)12-18-5-9-23(25(11-18)39-3)41-15-20-6-8-21(33)14-22(20)34/h5-14,29H,4,15-16H2,1-3H3/b27-12-. The van der Waals surface area contributed by atoms with Gasteiger partial charge in [0.2, 0.25) is 6.79 Å². The van der Waals surface area contributed by atoms with E-state index in [1.807, 2.05) is 12.1 Å². The van der Waals surface area contributed by atoms with Gasteiger partial charge in [-0.1, -0.05) is 52.7 Å². The molecule has 0 saturated carbocycles. The fourth-order valence-electron chi connectivity index (χ4n) is 5.03. The monoisotopic (exact) mass is 652 g/mol. The van der Waals surface area contributed by atoms with Crippen LogP contribution in [-0.2, 0) is 16.1 Å². The second-order valence-electron chi connectivity index (χ2n) is 9.85. The molecule has 3 heterocycles. The van der Waals surface area contributed by atoms with E-state index >= 15 is 0 Å². The fourth-order valence-corrected chi connectivity index (χ4v) is 6.54. The van der Waals surface area contributed by atoms with Crippen LogP contribution in [0, 0.1) is 0 Å². The minimum absolute atomic E-state index is 0.101. The van der Waals surface area contributed by atoms with E-state index in [2.05, 4.69) is 4.99 Å². The van der Waals surface area contributed by atoms with Crippen LogP contribution in [0.3, 0.4) is 0 Å². The zero-order chi connectivity index (χ0) is 31.0. The third-order valence-corrected chi connectivity index (χ3v) is 8.68. The maximum atomic E-state index is 14.0. The van der Waals surface area contributed by atoms with Crippen LogP contribution in [0.1, 0.15) is 36.6 Å². The quantitative estimate of drug-likeness (QED) is 0.234. The molecule has 0 saturated heterocycles. The van der Waals surface area contributed by atoms with E-state index in [-0.39, 0.29) is 31.1 Å². The van der Waals surface area contributed by atoms with Gasteiger partial charge < -0.3 is 23.7 Å². The Hall–Kier alpha value is -4.25. The molecule has 0 radical (unpaired) electrons. The van der Waals surface area contributed by atoms with E-state index < -0.39 is 12.0 Å². The van der Waals surface area contributed by atoms with Crippen LogP contribution in [0.5, 0.6) is 23.0 Å². The topological polar surface area (TPSA) is 97.6 Å². The lowest BCUT2D eigenvalue weighted by atomic mass is 9.95. The van der Waals surface area contributed by atoms with Crippen molar-refractivity contribution in [2.24, 2.45) is 4.99 Å². The second kappa shape index (κ2) is 12.4. The lowest BCUT2D eigenvalue weighted by Crippen LogP contribution is -2.39. The molecule has 226 valence electrons. The number of hydrogen-bond acceptors (Lipinski definition) is 9. The smallest absolute Gasteiger partial charge is 0.338 e. The number of carbonyl (C=O) groups excluding carboxylic acids is 1. The van der Waals surface area contributed by atoms with E-state index in [4.69, 9.17) is 46.9 Å². The van der Waals surface area contributed by atoms with Crippen molar-refractivity contribution in [2.45, 2.75) is 26.5 Å². The Kier molecular flexibility index (Phi) is 8.40. The lowest BCUT2D eigenvalue weighted by Gasteiger charge is -2.24. The number of fused-ring (bicyclic) bond motifs is 2. The van der Waals surface area contributed by atoms with Crippen molar-refractivity contribution in [3.05, 3.63) is 112 Å². The first-order valence-corrected chi connectivity index (χ1v) is 15.2. The number of hydrogen-bond donors (Lipinski definition) is 0. The number of esters is 1. The summed E-state index contributed by atoms with van der Waals surface area (Å²) in [6.07, 6.45) is 1.76. The molecule has 0 fully saturated rings. The molecule has 4 aromatic rings. The van der Waals surface area contributed by atoms with Crippen molar-refractivity contribution in [1.82, 2.24) is 4.57 Å². The van der Waals surface area contributed by atoms with Crippen LogP contribution in [0.4, 0.5) is 0 Å². The highest BCUT2D eigenvalue weighted by molar-refractivity contribution is 7.07. The molecule has 3 aromatic carbocycles. The molecular formula is C32H26Cl2N2O7S. The van der Waals surface area contributed by atoms with Crippen molar-refractivity contribution in [3.63, 3.8) is 0 Å². The fraction of sp³-hybridized carbons (Fsp3) is 0.219. The molecular weight excluding hydrogens is 627 g/mol. The highest BCUT2D eigenvalue weighted by Gasteiger charge is 2.34. The zero-order valence-electron chi connectivity index (χ0n) is 23.9. The summed E-state index contributed by atoms with van der Waals surface area (Å²) in [6, 6.07) is 15.2. The molecule has 1 unspecified atom stereocenters. The maximum absolute atomic E-state index is 14.0. The van der Waals surface area contributed by atoms with E-state index in [9.17, 15) is 9.59 Å². The highest BCUT2D eigenvalue weighted by atomic mass is 35.5. The molecule has 44 heavy (non-hydrogen) atoms. The summed E-state index contributed by atoms with van der Waals surface area (Å²) in [5, 5.41) is 1.05. The minimum atomic E-state index is -0.771. The van der Waals surface area contributed by atoms with Crippen LogP contribution >= 0.6 is 34.5 Å². The number of nitrogens with zero attached hydrogens (tertiary/aromatic N) is 2. The summed E-state index contributed by atoms with van der Waals surface area (Å²) in [5.74, 6) is 1.59. The van der Waals surface area contributed by atoms with Crippen molar-refractivity contribution in [3.8, 4) is 23.0 Å². The predicted octanol–water partition coefficient (Wildman–Crippen LogP) is 5.42. The molecule has 0 bridgehead atoms. The van der Waals surface area contributed by atoms with Gasteiger partial charge in [-0.05, 0) is 67.4 Å². The van der Waals surface area contributed by atoms with Gasteiger partial charge in [-0.25, -0.2) is 9.79 Å². The number of halogens is 2. The average Bonchev–Trinajstić information content (AvgIpc) is 3.59. The Morgan fingerprint density at radius 2 is 1.91 bits per heavy atom. The third-order valence-electron chi connectivity index (χ3n) is 7.11. The first-order valence-electron chi connectivity index (χ1n) is 13.6. The number of thiazole rings is 1. The van der Waals surface area contributed by atoms with Crippen LogP contribution < -0.4 is 33.8 Å². The van der Waals surface area contributed by atoms with Gasteiger partial charge in [0.25, 0.3) is 5.56 Å². The molecule has 9 nitrogen and oxygen atoms in total. The Bertz CT molecular complexity index is 2000. The van der Waals surface area contributed by atoms with E-state index in [1.54, 1.807) is 69.5 Å². The number of benzene rings is 3. The molecule has 0 N–H and O–H groups in total. The van der Waals surface area contributed by atoms with Crippen LogP contribution in [0.2, 0.25) is 10.0 Å². The number of carbonyl (C=O) groups is 1. The third kappa shape index (κ3) is 5.68. The van der Waals surface area contributed by atoms with E-state index in [0.717, 1.165) is 5.56 Å². The van der Waals surface area contributed by atoms with E-state index in [0.29, 0.717) is 59.2 Å². The Morgan fingerprint density at radius 1 is 1.09 bits per heavy atom. The van der Waals surface area contributed by atoms with Gasteiger partial charge in [-0.3, -0.25) is 9.36 Å². The second-order valence-corrected chi connectivity index (χ2v) is 11.7. The number of allylic oxidation sites excluding steroid dienone is 1. The molecule has 6 rings (SSSR count). The van der Waals surface area contributed by atoms with Gasteiger partial charge in [0.05, 0.1) is 35.6 Å². The highest BCUT2D eigenvalue weighted by Crippen LogP contribution is 2.38. The van der Waals surface area contributed by atoms with E-state index in [1.165, 1.54) is 15.9 Å². The van der Waals surface area contributed by atoms with Gasteiger partial charge in [0.15, 0.2) is 27.8 Å². The van der Waals surface area contributed by atoms with Crippen molar-refractivity contribution >= 4 is 46.6 Å². The first-order chi connectivity index (χ1) is 21.3. The SMILES string of the molecule is CCOC(=O)C1=C(C)N=c2s/c(=C\c3ccc(OCc4ccc(Cl)cc4Cl)c(OC)c3)c(=O)n2C1c1ccc2c(c1)OCO2. The number of rotatable bonds is 8. The molecule has 1 atom stereocenters. The summed E-state index contributed by atoms with van der Waals surface area (Å²) in [5.41, 5.74) is 2.62. The Balaban J connectivity index is 1.38. The molecule has 0 amide bonds. The number of methoxy groups -OCH3 is 1. The molecule has 0 aliphatic carbocycles. The normalized spacial score (nSPS) is 15.6. The van der Waals surface area contributed by atoms with Gasteiger partial charge in [0, 0.05) is 15.6 Å². The lowest BCUT2D eigenvalue weighted by molar-refractivity contribution is -0.139. The van der Waals surface area contributed by atoms with Gasteiger partial charge in [-0.15, -0.1) is 0 Å². The van der Waals surface area contributed by atoms with Crippen molar-refractivity contribution in [1.29, 1.82) is 0 Å². The van der Waals surface area contributed by atoms with Gasteiger partial charge in [-0.2, -0.15) is 0 Å². The van der Waals surface area contributed by atoms with Crippen LogP contribution in [0.25, 0.3) is 6.08 Å². The summed E-state index contributed by atoms with van der Waals surface area (Å²) in [7, 11) is 1.54. The van der Waals surface area contributed by atoms with Crippen LogP contribution in [-0.4, -0.2) is 31.0 Å². The predicted molar refractivity (Wildman–Crippen MR) is 167 cm³/mol. The zero-order valence-corrected chi connectivity index (χ0v) is 26.2. The Morgan fingerprint density at radius 3 is 2.68 bits per heavy atom. The Labute approximate surface area is 266 Å². The molecule has 0 spiro atoms. The van der Waals surface area contributed by atoms with Crippen molar-refractivity contribution in [2.75, 3.05) is 20.5 Å². The van der Waals surface area contributed by atoms with Crippen LogP contribution in [0.15, 0.2) is 75.7 Å². The molecule has 1 aromatic heterocycles. The van der Waals surface area contributed by atoms with Crippen molar-refractivity contribution < 1.29 is 28.5 Å². The molecule has 2 aliphatic rings. The summed E-state index contributed by atoms with van der Waals surface area (Å²) in [4.78, 5) is 32.2. The van der Waals surface area contributed by atoms with Gasteiger partial charge >= 0.3 is 5.97 Å². The summed E-state index contributed by atoms with van der Waals surface area (Å²) >= 11 is 13.5. The number of aromatic nitrogens is 1. The van der Waals surface area contributed by atoms with Gasteiger partial charge in [0.1, 0.15) is 6.61 Å². The molecule has 12 heteroatoms. The summed E-state index contributed by atoms with van der Waals surface area (Å²) in [6.45, 7) is 3.97. The average molecular weight is 654 g/mol. The number of ether oxygens (including phenoxy) is 5. The largest absolute Gasteiger partial charge is 0.493 e. The minimum Gasteiger partial charge on any atom is -0.493 e. The maximum Gasteiger partial charge on any atom is 0.338 e. The first kappa shape index (κ1) is 29.8. The summed E-state index contributed by atoms with van der Waals surface area (Å²) < 4.78 is 29.9.